The normalized spacial score (nSPS) is 26.7. The van der Waals surface area contributed by atoms with Gasteiger partial charge in [0.05, 0.1) is 0 Å². The zero-order chi connectivity index (χ0) is 21.3. The average molecular weight is 429 g/mol. The molecule has 0 radical (unpaired) electrons. The molecule has 2 aliphatic carbocycles. The van der Waals surface area contributed by atoms with Crippen LogP contribution in [0.3, 0.4) is 0 Å². The number of piperidine rings is 1. The Morgan fingerprint density at radius 3 is 2.62 bits per heavy atom. The molecule has 2 saturated carbocycles. The van der Waals surface area contributed by atoms with E-state index in [-0.39, 0.29) is 0 Å². The van der Waals surface area contributed by atoms with Crippen LogP contribution in [0.5, 0.6) is 0 Å². The summed E-state index contributed by atoms with van der Waals surface area (Å²) in [5.41, 5.74) is 4.33. The molecule has 4 heteroatoms. The fourth-order valence-electron chi connectivity index (χ4n) is 6.89. The lowest BCUT2D eigenvalue weighted by atomic mass is 9.88. The number of benzene rings is 1. The highest BCUT2D eigenvalue weighted by Gasteiger charge is 2.41. The zero-order valence-electron chi connectivity index (χ0n) is 19.0. The smallest absolute Gasteiger partial charge is 0.0486 e. The van der Waals surface area contributed by atoms with E-state index in [4.69, 9.17) is 0 Å². The van der Waals surface area contributed by atoms with Gasteiger partial charge in [0.15, 0.2) is 0 Å². The molecule has 3 aromatic rings. The van der Waals surface area contributed by atoms with Gasteiger partial charge in [-0.25, -0.2) is 0 Å². The maximum absolute atomic E-state index is 4.30. The molecule has 4 unspecified atom stereocenters. The number of hydrogen-bond acceptors (Lipinski definition) is 3. The number of rotatable bonds is 7. The predicted molar refractivity (Wildman–Crippen MR) is 131 cm³/mol. The van der Waals surface area contributed by atoms with Crippen molar-refractivity contribution < 1.29 is 0 Å². The third-order valence-electron chi connectivity index (χ3n) is 8.52. The first-order valence-corrected chi connectivity index (χ1v) is 12.8. The maximum atomic E-state index is 4.30. The third-order valence-corrected chi connectivity index (χ3v) is 8.52. The molecule has 168 valence electrons. The fourth-order valence-corrected chi connectivity index (χ4v) is 6.89. The molecule has 3 aliphatic rings. The zero-order valence-corrected chi connectivity index (χ0v) is 19.0. The van der Waals surface area contributed by atoms with E-state index in [2.05, 4.69) is 62.8 Å². The molecule has 4 atom stereocenters. The predicted octanol–water partition coefficient (Wildman–Crippen LogP) is 5.26. The summed E-state index contributed by atoms with van der Waals surface area (Å²) in [4.78, 5) is 4.30. The van der Waals surface area contributed by atoms with Gasteiger partial charge in [-0.3, -0.25) is 4.98 Å². The van der Waals surface area contributed by atoms with Crippen molar-refractivity contribution in [2.45, 2.75) is 62.9 Å². The molecular formula is C28H36N4. The summed E-state index contributed by atoms with van der Waals surface area (Å²) in [7, 11) is 0. The van der Waals surface area contributed by atoms with Crippen LogP contribution >= 0.6 is 0 Å². The lowest BCUT2D eigenvalue weighted by Crippen LogP contribution is -2.40. The van der Waals surface area contributed by atoms with Crippen molar-refractivity contribution in [3.05, 3.63) is 66.1 Å². The summed E-state index contributed by atoms with van der Waals surface area (Å²) >= 11 is 0. The van der Waals surface area contributed by atoms with Crippen molar-refractivity contribution in [1.82, 2.24) is 20.2 Å². The molecule has 6 rings (SSSR count). The van der Waals surface area contributed by atoms with Gasteiger partial charge in [-0.2, -0.15) is 0 Å². The summed E-state index contributed by atoms with van der Waals surface area (Å²) in [6.45, 7) is 3.34. The monoisotopic (exact) mass is 428 g/mol. The lowest BCUT2D eigenvalue weighted by Gasteiger charge is -2.25. The highest BCUT2D eigenvalue weighted by atomic mass is 15.0. The highest BCUT2D eigenvalue weighted by Crippen LogP contribution is 2.52. The van der Waals surface area contributed by atoms with Gasteiger partial charge in [-0.1, -0.05) is 24.6 Å². The molecule has 2 aromatic heterocycles. The molecule has 1 saturated heterocycles. The van der Waals surface area contributed by atoms with Crippen LogP contribution in [0.1, 0.15) is 68.0 Å². The Bertz CT molecular complexity index is 1040. The number of para-hydroxylation sites is 1. The summed E-state index contributed by atoms with van der Waals surface area (Å²) in [5.74, 6) is 2.24. The summed E-state index contributed by atoms with van der Waals surface area (Å²) in [5, 5.41) is 8.78. The largest absolute Gasteiger partial charge is 0.344 e. The number of fused-ring (bicyclic) bond motifs is 3. The van der Waals surface area contributed by atoms with E-state index in [0.717, 1.165) is 37.9 Å². The number of hydrogen-bond donors (Lipinski definition) is 2. The molecule has 2 N–H and O–H groups in total. The Labute approximate surface area is 191 Å². The van der Waals surface area contributed by atoms with E-state index in [0.29, 0.717) is 18.0 Å². The molecule has 32 heavy (non-hydrogen) atoms. The highest BCUT2D eigenvalue weighted by molar-refractivity contribution is 5.85. The van der Waals surface area contributed by atoms with Gasteiger partial charge in [0.25, 0.3) is 0 Å². The van der Waals surface area contributed by atoms with Crippen molar-refractivity contribution in [3.63, 3.8) is 0 Å². The van der Waals surface area contributed by atoms with Crippen molar-refractivity contribution in [1.29, 1.82) is 0 Å². The molecular weight excluding hydrogens is 392 g/mol. The minimum absolute atomic E-state index is 0.400. The first-order valence-electron chi connectivity index (χ1n) is 12.8. The van der Waals surface area contributed by atoms with Crippen molar-refractivity contribution >= 4 is 10.9 Å². The van der Waals surface area contributed by atoms with Gasteiger partial charge >= 0.3 is 0 Å². The first-order chi connectivity index (χ1) is 15.9. The van der Waals surface area contributed by atoms with Crippen LogP contribution < -0.4 is 10.6 Å². The molecule has 1 aliphatic heterocycles. The number of pyridine rings is 1. The second-order valence-electron chi connectivity index (χ2n) is 10.4. The minimum Gasteiger partial charge on any atom is -0.344 e. The van der Waals surface area contributed by atoms with Gasteiger partial charge in [0, 0.05) is 47.5 Å². The second-order valence-corrected chi connectivity index (χ2v) is 10.4. The lowest BCUT2D eigenvalue weighted by molar-refractivity contribution is 0.336. The van der Waals surface area contributed by atoms with Crippen LogP contribution in [0.15, 0.2) is 55.0 Å². The van der Waals surface area contributed by atoms with Gasteiger partial charge in [0.2, 0.25) is 0 Å². The summed E-state index contributed by atoms with van der Waals surface area (Å²) < 4.78 is 2.67. The number of nitrogens with one attached hydrogen (secondary N) is 2. The quantitative estimate of drug-likeness (QED) is 0.539. The molecule has 2 bridgehead atoms. The van der Waals surface area contributed by atoms with E-state index in [1.807, 2.05) is 12.4 Å². The van der Waals surface area contributed by atoms with E-state index in [9.17, 15) is 0 Å². The van der Waals surface area contributed by atoms with Crippen LogP contribution in [-0.2, 0) is 0 Å². The second kappa shape index (κ2) is 8.99. The van der Waals surface area contributed by atoms with Crippen LogP contribution in [0, 0.1) is 11.8 Å². The van der Waals surface area contributed by atoms with Crippen molar-refractivity contribution in [2.24, 2.45) is 11.8 Å². The SMILES string of the molecule is c1ccc2c(c1)c(C(CCNC1CCNCC1)c1ccncc1)cn2C1CC2CCC1C2. The topological polar surface area (TPSA) is 41.9 Å². The average Bonchev–Trinajstić information content (AvgIpc) is 3.58. The Morgan fingerprint density at radius 1 is 1.00 bits per heavy atom. The molecule has 4 nitrogen and oxygen atoms in total. The van der Waals surface area contributed by atoms with Crippen LogP contribution in [-0.4, -0.2) is 35.2 Å². The van der Waals surface area contributed by atoms with Crippen LogP contribution in [0.4, 0.5) is 0 Å². The molecule has 0 spiro atoms. The Kier molecular flexibility index (Phi) is 5.74. The molecule has 1 aromatic carbocycles. The minimum atomic E-state index is 0.400. The van der Waals surface area contributed by atoms with E-state index >= 15 is 0 Å². The van der Waals surface area contributed by atoms with Crippen LogP contribution in [0.25, 0.3) is 10.9 Å². The van der Waals surface area contributed by atoms with Gasteiger partial charge in [-0.05, 0) is 99.3 Å². The standard InChI is InChI=1S/C28H36N4/c1-2-4-27-25(3-1)26(19-32(27)28-18-20-5-6-22(28)17-20)24(21-7-12-29-13-8-21)11-16-31-23-9-14-30-15-10-23/h1-4,7-8,12-13,19-20,22-24,28,30-31H,5-6,9-11,14-18H2. The number of nitrogens with zero attached hydrogens (tertiary/aromatic N) is 2. The third kappa shape index (κ3) is 3.88. The molecule has 3 fully saturated rings. The van der Waals surface area contributed by atoms with E-state index in [1.165, 1.54) is 60.6 Å². The van der Waals surface area contributed by atoms with Gasteiger partial charge in [0.1, 0.15) is 0 Å². The molecule has 0 amide bonds. The molecule has 3 heterocycles. The fraction of sp³-hybridized carbons (Fsp3) is 0.536. The van der Waals surface area contributed by atoms with E-state index < -0.39 is 0 Å². The Balaban J connectivity index is 1.32. The van der Waals surface area contributed by atoms with Crippen molar-refractivity contribution in [2.75, 3.05) is 19.6 Å². The first kappa shape index (κ1) is 20.4. The maximum Gasteiger partial charge on any atom is 0.0486 e. The Morgan fingerprint density at radius 2 is 1.84 bits per heavy atom. The van der Waals surface area contributed by atoms with Gasteiger partial charge in [-0.15, -0.1) is 0 Å². The van der Waals surface area contributed by atoms with Gasteiger partial charge < -0.3 is 15.2 Å². The van der Waals surface area contributed by atoms with Crippen LogP contribution in [0.2, 0.25) is 0 Å². The number of aromatic nitrogens is 2. The van der Waals surface area contributed by atoms with Crippen molar-refractivity contribution in [3.8, 4) is 0 Å². The van der Waals surface area contributed by atoms with E-state index in [1.54, 1.807) is 0 Å². The summed E-state index contributed by atoms with van der Waals surface area (Å²) in [6, 6.07) is 14.9. The Hall–Kier alpha value is -2.17. The summed E-state index contributed by atoms with van der Waals surface area (Å²) in [6.07, 6.45) is 15.7.